The van der Waals surface area contributed by atoms with Crippen molar-refractivity contribution in [3.63, 3.8) is 0 Å². The van der Waals surface area contributed by atoms with E-state index in [4.69, 9.17) is 0 Å². The van der Waals surface area contributed by atoms with E-state index in [0.29, 0.717) is 24.7 Å². The molecule has 0 heterocycles. The fourth-order valence-electron chi connectivity index (χ4n) is 3.62. The van der Waals surface area contributed by atoms with Gasteiger partial charge >= 0.3 is 0 Å². The molecule has 0 aromatic carbocycles. The molecule has 146 valence electrons. The van der Waals surface area contributed by atoms with Gasteiger partial charge in [0.1, 0.15) is 12.3 Å². The monoisotopic (exact) mass is 364 g/mol. The summed E-state index contributed by atoms with van der Waals surface area (Å²) in [6.45, 7) is 14.9. The third-order valence-electron chi connectivity index (χ3n) is 5.95. The summed E-state index contributed by atoms with van der Waals surface area (Å²) in [7, 11) is 2.61. The number of alkyl halides is 2. The van der Waals surface area contributed by atoms with Crippen LogP contribution in [-0.4, -0.2) is 18.0 Å². The van der Waals surface area contributed by atoms with Crippen LogP contribution in [-0.2, 0) is 0 Å². The van der Waals surface area contributed by atoms with Crippen molar-refractivity contribution >= 4 is 9.24 Å². The zero-order valence-corrected chi connectivity index (χ0v) is 18.3. The zero-order chi connectivity index (χ0) is 18.9. The largest absolute Gasteiger partial charge is 0.247 e. The Balaban J connectivity index is 0.00000254. The van der Waals surface area contributed by atoms with E-state index in [0.717, 1.165) is 18.8 Å². The Bertz CT molecular complexity index is 308. The number of halogens is 2. The average molecular weight is 365 g/mol. The normalized spacial score (nSPS) is 29.4. The summed E-state index contributed by atoms with van der Waals surface area (Å²) in [5.74, 6) is 1.92. The van der Waals surface area contributed by atoms with Crippen LogP contribution in [0.2, 0.25) is 0 Å². The van der Waals surface area contributed by atoms with Gasteiger partial charge in [0.2, 0.25) is 0 Å². The minimum atomic E-state index is -0.783. The van der Waals surface area contributed by atoms with Crippen LogP contribution >= 0.6 is 9.24 Å². The first kappa shape index (κ1) is 24.3. The second-order valence-corrected chi connectivity index (χ2v) is 9.15. The van der Waals surface area contributed by atoms with E-state index >= 15 is 0 Å². The quantitative estimate of drug-likeness (QED) is 0.392. The molecule has 0 aliphatic heterocycles. The summed E-state index contributed by atoms with van der Waals surface area (Å²) in [6, 6.07) is 0. The molecule has 0 aromatic rings. The van der Waals surface area contributed by atoms with Gasteiger partial charge in [0, 0.05) is 5.66 Å². The van der Waals surface area contributed by atoms with Crippen molar-refractivity contribution in [2.45, 2.75) is 105 Å². The molecule has 1 saturated carbocycles. The first-order chi connectivity index (χ1) is 11.2. The van der Waals surface area contributed by atoms with Crippen LogP contribution in [0, 0.1) is 29.6 Å². The molecule has 1 fully saturated rings. The van der Waals surface area contributed by atoms with Gasteiger partial charge in [-0.3, -0.25) is 0 Å². The smallest absolute Gasteiger partial charge is 0.107 e. The van der Waals surface area contributed by atoms with Gasteiger partial charge in [-0.05, 0) is 55.3 Å². The Morgan fingerprint density at radius 1 is 0.958 bits per heavy atom. The van der Waals surface area contributed by atoms with Crippen molar-refractivity contribution < 1.29 is 8.78 Å². The minimum absolute atomic E-state index is 0.00417. The average Bonchev–Trinajstić information content (AvgIpc) is 2.56. The number of rotatable bonds is 8. The zero-order valence-electron chi connectivity index (χ0n) is 17.2. The van der Waals surface area contributed by atoms with Gasteiger partial charge in [-0.1, -0.05) is 61.3 Å². The topological polar surface area (TPSA) is 0 Å². The molecule has 8 unspecified atom stereocenters. The second-order valence-electron chi connectivity index (χ2n) is 8.29. The molecule has 0 radical (unpaired) electrons. The fourth-order valence-corrected chi connectivity index (χ4v) is 3.97. The molecular formula is C21H43F2P. The molecule has 1 rings (SSSR count). The van der Waals surface area contributed by atoms with E-state index in [1.54, 1.807) is 0 Å². The van der Waals surface area contributed by atoms with Gasteiger partial charge in [-0.2, -0.15) is 0 Å². The predicted octanol–water partition coefficient (Wildman–Crippen LogP) is 7.47. The molecule has 0 saturated heterocycles. The van der Waals surface area contributed by atoms with Gasteiger partial charge in [0.15, 0.2) is 0 Å². The molecule has 8 atom stereocenters. The van der Waals surface area contributed by atoms with Crippen LogP contribution in [0.3, 0.4) is 0 Å². The van der Waals surface area contributed by atoms with Gasteiger partial charge in [-0.25, -0.2) is 8.78 Å². The predicted molar refractivity (Wildman–Crippen MR) is 108 cm³/mol. The lowest BCUT2D eigenvalue weighted by Crippen LogP contribution is -2.33. The lowest BCUT2D eigenvalue weighted by atomic mass is 9.75. The highest BCUT2D eigenvalue weighted by atomic mass is 31.0. The fraction of sp³-hybridized carbons (Fsp3) is 1.00. The van der Waals surface area contributed by atoms with Crippen molar-refractivity contribution in [3.8, 4) is 0 Å². The van der Waals surface area contributed by atoms with E-state index in [2.05, 4.69) is 36.9 Å². The Morgan fingerprint density at radius 2 is 1.54 bits per heavy atom. The van der Waals surface area contributed by atoms with Crippen molar-refractivity contribution in [1.29, 1.82) is 0 Å². The van der Waals surface area contributed by atoms with E-state index < -0.39 is 12.3 Å². The van der Waals surface area contributed by atoms with Crippen molar-refractivity contribution in [2.24, 2.45) is 29.6 Å². The van der Waals surface area contributed by atoms with Crippen LogP contribution in [0.1, 0.15) is 87.0 Å². The molecule has 0 N–H and O–H groups in total. The van der Waals surface area contributed by atoms with E-state index in [9.17, 15) is 8.78 Å². The molecule has 0 aromatic heterocycles. The lowest BCUT2D eigenvalue weighted by Gasteiger charge is -2.35. The first-order valence-electron chi connectivity index (χ1n) is 10.3. The molecule has 24 heavy (non-hydrogen) atoms. The molecule has 0 bridgehead atoms. The summed E-state index contributed by atoms with van der Waals surface area (Å²) < 4.78 is 28.6. The first-order valence-corrected chi connectivity index (χ1v) is 10.9. The van der Waals surface area contributed by atoms with E-state index in [1.165, 1.54) is 12.8 Å². The second kappa shape index (κ2) is 12.6. The van der Waals surface area contributed by atoms with E-state index in [-0.39, 0.29) is 17.5 Å². The maximum atomic E-state index is 14.7. The SMILES string of the molecule is CC.CC(C)CCC(C)C(C)CC(F)C(C)C1CCC(P)C(F)C1. The Hall–Kier alpha value is 0.290. The molecule has 1 aliphatic carbocycles. The van der Waals surface area contributed by atoms with Crippen LogP contribution in [0.15, 0.2) is 0 Å². The van der Waals surface area contributed by atoms with Crippen molar-refractivity contribution in [1.82, 2.24) is 0 Å². The highest BCUT2D eigenvalue weighted by Crippen LogP contribution is 2.38. The summed E-state index contributed by atoms with van der Waals surface area (Å²) in [5, 5.41) is 0. The Morgan fingerprint density at radius 3 is 2.04 bits per heavy atom. The maximum Gasteiger partial charge on any atom is 0.107 e. The lowest BCUT2D eigenvalue weighted by molar-refractivity contribution is 0.0912. The molecule has 3 heteroatoms. The third-order valence-corrected chi connectivity index (χ3v) is 6.70. The third kappa shape index (κ3) is 8.59. The summed E-state index contributed by atoms with van der Waals surface area (Å²) in [4.78, 5) is 0. The van der Waals surface area contributed by atoms with Crippen LogP contribution in [0.4, 0.5) is 8.78 Å². The van der Waals surface area contributed by atoms with Crippen molar-refractivity contribution in [2.75, 3.05) is 0 Å². The summed E-state index contributed by atoms with van der Waals surface area (Å²) in [6.07, 6.45) is 3.91. The summed E-state index contributed by atoms with van der Waals surface area (Å²) >= 11 is 0. The number of hydrogen-bond donors (Lipinski definition) is 0. The molecular weight excluding hydrogens is 321 g/mol. The number of hydrogen-bond acceptors (Lipinski definition) is 0. The van der Waals surface area contributed by atoms with Crippen LogP contribution in [0.25, 0.3) is 0 Å². The molecule has 0 spiro atoms. The molecule has 1 aliphatic rings. The van der Waals surface area contributed by atoms with Gasteiger partial charge in [0.25, 0.3) is 0 Å². The van der Waals surface area contributed by atoms with Crippen molar-refractivity contribution in [3.05, 3.63) is 0 Å². The highest BCUT2D eigenvalue weighted by Gasteiger charge is 2.34. The van der Waals surface area contributed by atoms with Gasteiger partial charge < -0.3 is 0 Å². The van der Waals surface area contributed by atoms with Crippen LogP contribution in [0.5, 0.6) is 0 Å². The Labute approximate surface area is 153 Å². The van der Waals surface area contributed by atoms with Gasteiger partial charge in [-0.15, -0.1) is 9.24 Å². The van der Waals surface area contributed by atoms with Gasteiger partial charge in [0.05, 0.1) is 0 Å². The summed E-state index contributed by atoms with van der Waals surface area (Å²) in [5.41, 5.74) is 0.0801. The molecule has 0 amide bonds. The minimum Gasteiger partial charge on any atom is -0.247 e. The van der Waals surface area contributed by atoms with E-state index in [1.807, 2.05) is 20.8 Å². The highest BCUT2D eigenvalue weighted by molar-refractivity contribution is 7.17. The standard InChI is InChI=1S/C19H37F2P.C2H6/c1-12(2)6-7-13(3)14(4)10-17(20)15(5)16-8-9-19(22)18(21)11-16;1-2/h12-19H,6-11,22H2,1-5H3;1-2H3. The van der Waals surface area contributed by atoms with Crippen LogP contribution < -0.4 is 0 Å². The molecule has 0 nitrogen and oxygen atoms in total. The Kier molecular flexibility index (Phi) is 12.8. The maximum absolute atomic E-state index is 14.7.